The van der Waals surface area contributed by atoms with Gasteiger partial charge in [0.25, 0.3) is 0 Å². The summed E-state index contributed by atoms with van der Waals surface area (Å²) < 4.78 is 20.7. The lowest BCUT2D eigenvalue weighted by Gasteiger charge is -2.22. The summed E-state index contributed by atoms with van der Waals surface area (Å²) in [7, 11) is 4.92. The molecule has 0 aliphatic rings. The van der Waals surface area contributed by atoms with Crippen LogP contribution in [0.25, 0.3) is 0 Å². The number of esters is 1. The first-order valence-electron chi connectivity index (χ1n) is 8.22. The summed E-state index contributed by atoms with van der Waals surface area (Å²) in [5, 5.41) is 0. The molecule has 6 nitrogen and oxygen atoms in total. The van der Waals surface area contributed by atoms with E-state index in [2.05, 4.69) is 4.90 Å². The van der Waals surface area contributed by atoms with Gasteiger partial charge < -0.3 is 18.9 Å². The zero-order chi connectivity index (χ0) is 17.8. The van der Waals surface area contributed by atoms with Crippen molar-refractivity contribution >= 4 is 5.97 Å². The standard InChI is InChI=1S/C18H29NO5/c1-5-24-18(20)14-19(10-6-7-11-21-2)13-15-8-9-16(22-3)17(12-15)23-4/h8-9,12H,5-7,10-11,13-14H2,1-4H3. The van der Waals surface area contributed by atoms with E-state index >= 15 is 0 Å². The number of methoxy groups -OCH3 is 3. The van der Waals surface area contributed by atoms with Crippen LogP contribution in [0.15, 0.2) is 18.2 Å². The third-order valence-corrected chi connectivity index (χ3v) is 3.58. The van der Waals surface area contributed by atoms with Crippen molar-refractivity contribution in [3.8, 4) is 11.5 Å². The van der Waals surface area contributed by atoms with Gasteiger partial charge in [0, 0.05) is 20.3 Å². The van der Waals surface area contributed by atoms with Crippen molar-refractivity contribution in [2.24, 2.45) is 0 Å². The van der Waals surface area contributed by atoms with Gasteiger partial charge in [-0.3, -0.25) is 9.69 Å². The number of nitrogens with zero attached hydrogens (tertiary/aromatic N) is 1. The van der Waals surface area contributed by atoms with Gasteiger partial charge in [-0.25, -0.2) is 0 Å². The van der Waals surface area contributed by atoms with Crippen molar-refractivity contribution in [3.05, 3.63) is 23.8 Å². The lowest BCUT2D eigenvalue weighted by atomic mass is 10.1. The summed E-state index contributed by atoms with van der Waals surface area (Å²) >= 11 is 0. The van der Waals surface area contributed by atoms with Crippen molar-refractivity contribution in [3.63, 3.8) is 0 Å². The number of ether oxygens (including phenoxy) is 4. The van der Waals surface area contributed by atoms with E-state index < -0.39 is 0 Å². The van der Waals surface area contributed by atoms with Gasteiger partial charge >= 0.3 is 5.97 Å². The van der Waals surface area contributed by atoms with Gasteiger partial charge in [0.15, 0.2) is 11.5 Å². The molecular weight excluding hydrogens is 310 g/mol. The Hall–Kier alpha value is -1.79. The van der Waals surface area contributed by atoms with Crippen LogP contribution in [0.1, 0.15) is 25.3 Å². The summed E-state index contributed by atoms with van der Waals surface area (Å²) in [6.07, 6.45) is 1.92. The fourth-order valence-corrected chi connectivity index (χ4v) is 2.42. The number of benzene rings is 1. The topological polar surface area (TPSA) is 57.2 Å². The molecule has 0 aliphatic heterocycles. The minimum atomic E-state index is -0.204. The first-order valence-corrected chi connectivity index (χ1v) is 8.22. The van der Waals surface area contributed by atoms with Crippen molar-refractivity contribution in [2.75, 3.05) is 47.6 Å². The average Bonchev–Trinajstić information content (AvgIpc) is 2.58. The maximum Gasteiger partial charge on any atom is 0.320 e. The van der Waals surface area contributed by atoms with Crippen LogP contribution < -0.4 is 9.47 Å². The number of carbonyl (C=O) groups excluding carboxylic acids is 1. The normalized spacial score (nSPS) is 10.7. The molecule has 1 aromatic carbocycles. The molecule has 0 radical (unpaired) electrons. The predicted octanol–water partition coefficient (Wildman–Crippen LogP) is 2.50. The van der Waals surface area contributed by atoms with Crippen molar-refractivity contribution in [2.45, 2.75) is 26.3 Å². The molecule has 136 valence electrons. The van der Waals surface area contributed by atoms with E-state index in [9.17, 15) is 4.79 Å². The molecule has 0 fully saturated rings. The third-order valence-electron chi connectivity index (χ3n) is 3.58. The van der Waals surface area contributed by atoms with E-state index in [1.807, 2.05) is 25.1 Å². The molecular formula is C18H29NO5. The molecule has 0 N–H and O–H groups in total. The fourth-order valence-electron chi connectivity index (χ4n) is 2.42. The lowest BCUT2D eigenvalue weighted by Crippen LogP contribution is -2.31. The Morgan fingerprint density at radius 3 is 2.46 bits per heavy atom. The lowest BCUT2D eigenvalue weighted by molar-refractivity contribution is -0.144. The van der Waals surface area contributed by atoms with Gasteiger partial charge in [-0.1, -0.05) is 6.07 Å². The largest absolute Gasteiger partial charge is 0.493 e. The average molecular weight is 339 g/mol. The van der Waals surface area contributed by atoms with Crippen LogP contribution in [0.3, 0.4) is 0 Å². The molecule has 0 aliphatic carbocycles. The third kappa shape index (κ3) is 7.19. The van der Waals surface area contributed by atoms with Gasteiger partial charge in [-0.05, 0) is 44.0 Å². The summed E-state index contributed by atoms with van der Waals surface area (Å²) in [6, 6.07) is 5.79. The van der Waals surface area contributed by atoms with Crippen LogP contribution in [0.5, 0.6) is 11.5 Å². The maximum atomic E-state index is 11.8. The monoisotopic (exact) mass is 339 g/mol. The molecule has 0 bridgehead atoms. The summed E-state index contributed by atoms with van der Waals surface area (Å²) in [5.74, 6) is 1.17. The van der Waals surface area contributed by atoms with Crippen LogP contribution in [0.2, 0.25) is 0 Å². The van der Waals surface area contributed by atoms with Gasteiger partial charge in [0.05, 0.1) is 27.4 Å². The van der Waals surface area contributed by atoms with Gasteiger partial charge in [0.1, 0.15) is 0 Å². The van der Waals surface area contributed by atoms with Crippen LogP contribution in [-0.2, 0) is 20.8 Å². The predicted molar refractivity (Wildman–Crippen MR) is 92.6 cm³/mol. The highest BCUT2D eigenvalue weighted by Gasteiger charge is 2.13. The Bertz CT molecular complexity index is 492. The number of hydrogen-bond donors (Lipinski definition) is 0. The molecule has 1 aromatic rings. The highest BCUT2D eigenvalue weighted by atomic mass is 16.5. The molecule has 0 amide bonds. The van der Waals surface area contributed by atoms with E-state index in [4.69, 9.17) is 18.9 Å². The molecule has 0 atom stereocenters. The first kappa shape index (κ1) is 20.3. The first-order chi connectivity index (χ1) is 11.6. The number of carbonyl (C=O) groups is 1. The molecule has 0 saturated carbocycles. The van der Waals surface area contributed by atoms with Crippen LogP contribution in [0, 0.1) is 0 Å². The second-order valence-electron chi connectivity index (χ2n) is 5.40. The van der Waals surface area contributed by atoms with Crippen molar-refractivity contribution in [1.29, 1.82) is 0 Å². The summed E-state index contributed by atoms with van der Waals surface area (Å²) in [5.41, 5.74) is 1.06. The van der Waals surface area contributed by atoms with E-state index in [0.717, 1.165) is 31.6 Å². The van der Waals surface area contributed by atoms with Crippen molar-refractivity contribution < 1.29 is 23.7 Å². The Morgan fingerprint density at radius 2 is 1.83 bits per heavy atom. The summed E-state index contributed by atoms with van der Waals surface area (Å²) in [6.45, 7) is 4.66. The van der Waals surface area contributed by atoms with E-state index in [1.54, 1.807) is 21.3 Å². The van der Waals surface area contributed by atoms with Crippen LogP contribution in [-0.4, -0.2) is 58.5 Å². The Morgan fingerprint density at radius 1 is 1.08 bits per heavy atom. The highest BCUT2D eigenvalue weighted by Crippen LogP contribution is 2.28. The van der Waals surface area contributed by atoms with Gasteiger partial charge in [-0.15, -0.1) is 0 Å². The number of rotatable bonds is 12. The van der Waals surface area contributed by atoms with Crippen LogP contribution in [0.4, 0.5) is 0 Å². The highest BCUT2D eigenvalue weighted by molar-refractivity contribution is 5.71. The fraction of sp³-hybridized carbons (Fsp3) is 0.611. The Balaban J connectivity index is 2.72. The van der Waals surface area contributed by atoms with E-state index in [0.29, 0.717) is 24.7 Å². The quantitative estimate of drug-likeness (QED) is 0.431. The van der Waals surface area contributed by atoms with Crippen molar-refractivity contribution in [1.82, 2.24) is 4.90 Å². The zero-order valence-corrected chi connectivity index (χ0v) is 15.2. The van der Waals surface area contributed by atoms with Gasteiger partial charge in [0.2, 0.25) is 0 Å². The molecule has 0 unspecified atom stereocenters. The molecule has 0 aromatic heterocycles. The molecule has 6 heteroatoms. The Kier molecular flexibility index (Phi) is 9.88. The maximum absolute atomic E-state index is 11.8. The SMILES string of the molecule is CCOC(=O)CN(CCCCOC)Cc1ccc(OC)c(OC)c1. The molecule has 0 spiro atoms. The zero-order valence-electron chi connectivity index (χ0n) is 15.2. The molecule has 0 heterocycles. The second-order valence-corrected chi connectivity index (χ2v) is 5.40. The summed E-state index contributed by atoms with van der Waals surface area (Å²) in [4.78, 5) is 13.9. The second kappa shape index (κ2) is 11.7. The van der Waals surface area contributed by atoms with Crippen LogP contribution >= 0.6 is 0 Å². The smallest absolute Gasteiger partial charge is 0.320 e. The molecule has 24 heavy (non-hydrogen) atoms. The van der Waals surface area contributed by atoms with Gasteiger partial charge in [-0.2, -0.15) is 0 Å². The minimum absolute atomic E-state index is 0.204. The van der Waals surface area contributed by atoms with E-state index in [-0.39, 0.29) is 12.5 Å². The number of unbranched alkanes of at least 4 members (excludes halogenated alkanes) is 1. The molecule has 1 rings (SSSR count). The molecule has 0 saturated heterocycles. The Labute approximate surface area is 144 Å². The number of hydrogen-bond acceptors (Lipinski definition) is 6. The van der Waals surface area contributed by atoms with E-state index in [1.165, 1.54) is 0 Å². The minimum Gasteiger partial charge on any atom is -0.493 e.